The zero-order valence-electron chi connectivity index (χ0n) is 38.0. The number of tetrazole rings is 2. The number of urea groups is 2. The van der Waals surface area contributed by atoms with Gasteiger partial charge in [0, 0.05) is 22.4 Å². The van der Waals surface area contributed by atoms with E-state index in [-0.39, 0.29) is 44.8 Å². The molecule has 0 fully saturated rings. The van der Waals surface area contributed by atoms with Crippen LogP contribution in [0.25, 0.3) is 11.4 Å². The number of carbonyl (C=O) groups is 2. The fraction of sp³-hybridized carbons (Fsp3) is 0. The number of nitrogens with zero attached hydrogens (tertiary/aromatic N) is 8. The van der Waals surface area contributed by atoms with E-state index in [0.717, 1.165) is 10.6 Å². The average Bonchev–Trinajstić information content (AvgIpc) is 4.07. The molecule has 21 heteroatoms. The van der Waals surface area contributed by atoms with Gasteiger partial charge < -0.3 is 25.3 Å². The van der Waals surface area contributed by atoms with Crippen LogP contribution in [0.2, 0.25) is 0 Å². The summed E-state index contributed by atoms with van der Waals surface area (Å²) in [5.74, 6) is 0. The fourth-order valence-electron chi connectivity index (χ4n) is 7.70. The summed E-state index contributed by atoms with van der Waals surface area (Å²) in [6.45, 7) is 0. The Labute approximate surface area is 463 Å². The third-order valence-corrected chi connectivity index (χ3v) is 25.6. The van der Waals surface area contributed by atoms with Crippen molar-refractivity contribution in [2.45, 2.75) is 10.3 Å². The third-order valence-electron chi connectivity index (χ3n) is 11.0. The third kappa shape index (κ3) is 12.5. The molecule has 0 unspecified atom stereocenters. The van der Waals surface area contributed by atoms with Gasteiger partial charge >= 0.3 is 399 Å². The van der Waals surface area contributed by atoms with Gasteiger partial charge in [0.1, 0.15) is 0 Å². The Kier molecular flexibility index (Phi) is 17.7. The molecule has 0 saturated carbocycles. The number of carbonyl (C=O) groups excluding carboxylic acids is 2. The first-order valence-corrected chi connectivity index (χ1v) is 30.8. The number of aromatic nitrogens is 8. The van der Waals surface area contributed by atoms with Gasteiger partial charge in [0.2, 0.25) is 0 Å². The molecule has 4 N–H and O–H groups in total. The second kappa shape index (κ2) is 24.5. The topological polar surface area (TPSA) is 169 Å². The van der Waals surface area contributed by atoms with E-state index in [1.807, 2.05) is 72.8 Å². The van der Waals surface area contributed by atoms with Crippen LogP contribution in [0.1, 0.15) is 0 Å². The van der Waals surface area contributed by atoms with Gasteiger partial charge in [0.25, 0.3) is 0 Å². The van der Waals surface area contributed by atoms with E-state index in [9.17, 15) is 9.59 Å². The van der Waals surface area contributed by atoms with Gasteiger partial charge in [-0.15, -0.1) is 10.2 Å². The van der Waals surface area contributed by atoms with E-state index in [1.165, 1.54) is 30.6 Å². The summed E-state index contributed by atoms with van der Waals surface area (Å²) in [7, 11) is 0. The first-order chi connectivity index (χ1) is 35.1. The molecule has 0 aliphatic heterocycles. The van der Waals surface area contributed by atoms with Crippen molar-refractivity contribution in [3.05, 3.63) is 218 Å². The van der Waals surface area contributed by atoms with Gasteiger partial charge in [-0.1, -0.05) is 0 Å². The van der Waals surface area contributed by atoms with E-state index < -0.39 is 11.0 Å². The minimum absolute atomic E-state index is 0. The zero-order chi connectivity index (χ0) is 49.9. The van der Waals surface area contributed by atoms with Crippen LogP contribution in [0.15, 0.2) is 229 Å². The van der Waals surface area contributed by atoms with E-state index >= 15 is 0 Å². The predicted octanol–water partition coefficient (Wildman–Crippen LogP) is 7.18. The number of nitrogens with one attached hydrogen (secondary N) is 4. The second-order valence-corrected chi connectivity index (χ2v) is 28.8. The quantitative estimate of drug-likeness (QED) is 0.0559. The minimum Gasteiger partial charge on any atom is 0 e. The van der Waals surface area contributed by atoms with Crippen molar-refractivity contribution in [2.75, 3.05) is 21.3 Å². The Morgan fingerprint density at radius 3 is 0.945 bits per heavy atom. The van der Waals surface area contributed by atoms with E-state index in [1.54, 1.807) is 36.4 Å². The van der Waals surface area contributed by atoms with Crippen LogP contribution < -0.4 is 53.1 Å². The largest absolute Gasteiger partial charge is 0 e. The van der Waals surface area contributed by atoms with E-state index in [2.05, 4.69) is 192 Å². The molecular formula is C52H40AuN12O2P2S2Se2-2. The molecule has 2 heterocycles. The Balaban J connectivity index is 0.000000192. The molecule has 14 nitrogen and oxygen atoms in total. The number of hydrogen-bond donors (Lipinski definition) is 4. The number of anilines is 4. The van der Waals surface area contributed by atoms with Gasteiger partial charge in [0.15, 0.2) is 0 Å². The molecule has 8 aromatic carbocycles. The second-order valence-electron chi connectivity index (χ2n) is 15.7. The number of hydrogen-bond acceptors (Lipinski definition) is 10. The van der Waals surface area contributed by atoms with Gasteiger partial charge in [-0.2, -0.15) is 0 Å². The molecule has 0 spiro atoms. The molecule has 2 aromatic heterocycles. The summed E-state index contributed by atoms with van der Waals surface area (Å²) >= 11 is 17.3. The molecule has 1 radical (unpaired) electrons. The SMILES string of the molecule is O=C(Nc1cccc(-n2nnnc2[S-])c1)Nc1cccc(P(=[Se])(c2ccccc2)c2ccccc2)c1.O=C(Nc1cccc(-n2nnnc2[S-])c1)Nc1cccc(P(=[Se])(c2ccccc2)c2ccccc2)c1.[Au]. The molecule has 10 aromatic rings. The maximum Gasteiger partial charge on any atom is 0 e. The maximum atomic E-state index is 12.9. The van der Waals surface area contributed by atoms with Crippen LogP contribution in [-0.4, -0.2) is 82.7 Å². The van der Waals surface area contributed by atoms with Crippen LogP contribution in [-0.2, 0) is 47.6 Å². The fourth-order valence-corrected chi connectivity index (χ4v) is 17.9. The molecule has 0 aliphatic rings. The number of rotatable bonds is 12. The predicted molar refractivity (Wildman–Crippen MR) is 297 cm³/mol. The number of benzene rings is 8. The van der Waals surface area contributed by atoms with Gasteiger partial charge in [-0.3, -0.25) is 0 Å². The van der Waals surface area contributed by atoms with E-state index in [0.29, 0.717) is 34.1 Å². The normalized spacial score (nSPS) is 11.0. The van der Waals surface area contributed by atoms with Crippen molar-refractivity contribution < 1.29 is 32.0 Å². The molecule has 73 heavy (non-hydrogen) atoms. The summed E-state index contributed by atoms with van der Waals surface area (Å²) in [5.41, 5.74) is -0.176. The molecular weight excluding hydrogens is 1310 g/mol. The van der Waals surface area contributed by atoms with Crippen molar-refractivity contribution >= 4 is 133 Å². The van der Waals surface area contributed by atoms with Crippen LogP contribution in [0.5, 0.6) is 0 Å². The van der Waals surface area contributed by atoms with E-state index in [4.69, 9.17) is 25.3 Å². The Hall–Kier alpha value is -6.48. The van der Waals surface area contributed by atoms with Crippen molar-refractivity contribution in [2.24, 2.45) is 0 Å². The molecule has 0 aliphatic carbocycles. The van der Waals surface area contributed by atoms with Gasteiger partial charge in [0.05, 0.1) is 0 Å². The average molecular weight is 1350 g/mol. The molecule has 10 rings (SSSR count). The standard InChI is InChI=1S/2C26H21N6OPSSe.Au/c2*33-25(27-19-9-7-11-21(17-19)32-26(35)29-30-31-32)28-20-10-8-16-24(18-20)34(36,22-12-3-1-4-13-22)23-14-5-2-6-15-23;/h2*1-18H,(H2,27,28,33)(H,29,31,35);/p-2. The van der Waals surface area contributed by atoms with Crippen molar-refractivity contribution in [1.82, 2.24) is 40.4 Å². The minimum atomic E-state index is -2.03. The van der Waals surface area contributed by atoms with Crippen LogP contribution >= 0.6 is 11.0 Å². The Morgan fingerprint density at radius 1 is 0.384 bits per heavy atom. The van der Waals surface area contributed by atoms with Gasteiger partial charge in [-0.25, -0.2) is 0 Å². The maximum absolute atomic E-state index is 12.9. The van der Waals surface area contributed by atoms with Crippen molar-refractivity contribution in [3.8, 4) is 11.4 Å². The molecule has 367 valence electrons. The van der Waals surface area contributed by atoms with Crippen LogP contribution in [0, 0.1) is 0 Å². The first kappa shape index (κ1) is 52.8. The summed E-state index contributed by atoms with van der Waals surface area (Å²) < 4.78 is 2.85. The summed E-state index contributed by atoms with van der Waals surface area (Å²) in [6.07, 6.45) is 0. The molecule has 0 atom stereocenters. The van der Waals surface area contributed by atoms with Crippen molar-refractivity contribution in [1.29, 1.82) is 0 Å². The van der Waals surface area contributed by atoms with Crippen LogP contribution in [0.3, 0.4) is 0 Å². The van der Waals surface area contributed by atoms with Crippen molar-refractivity contribution in [3.63, 3.8) is 0 Å². The Bertz CT molecular complexity index is 3280. The smallest absolute Gasteiger partial charge is 0 e. The monoisotopic (exact) mass is 1350 g/mol. The summed E-state index contributed by atoms with van der Waals surface area (Å²) in [6, 6.07) is 71.3. The Morgan fingerprint density at radius 2 is 0.658 bits per heavy atom. The van der Waals surface area contributed by atoms with Crippen LogP contribution in [0.4, 0.5) is 32.3 Å². The summed E-state index contributed by atoms with van der Waals surface area (Å²) in [5, 5.41) is 41.6. The molecule has 0 saturated heterocycles. The first-order valence-electron chi connectivity index (χ1n) is 22.0. The molecule has 0 bridgehead atoms. The summed E-state index contributed by atoms with van der Waals surface area (Å²) in [4.78, 5) is 25.7. The number of amides is 4. The molecule has 4 amide bonds. The van der Waals surface area contributed by atoms with Gasteiger partial charge in [-0.05, 0) is 10.4 Å². The zero-order valence-corrected chi connectivity index (χ0v) is 47.0.